The highest BCUT2D eigenvalue weighted by Crippen LogP contribution is 2.33. The van der Waals surface area contributed by atoms with Crippen molar-refractivity contribution < 1.29 is 23.4 Å². The number of furan rings is 1. The molecule has 0 unspecified atom stereocenters. The molecule has 21 heavy (non-hydrogen) atoms. The number of amides is 1. The quantitative estimate of drug-likeness (QED) is 0.884. The number of nitrogens with one attached hydrogen (secondary N) is 1. The standard InChI is InChI=1S/C15H17NO5/c1-18-11-7-12(19-2)14(13(8-11)20-3)15(17)16-9-10-5-4-6-21-10/h4-8H,9H2,1-3H3,(H,16,17). The summed E-state index contributed by atoms with van der Waals surface area (Å²) < 4.78 is 20.8. The minimum atomic E-state index is -0.317. The molecule has 0 bridgehead atoms. The van der Waals surface area contributed by atoms with Gasteiger partial charge >= 0.3 is 0 Å². The van der Waals surface area contributed by atoms with E-state index in [1.807, 2.05) is 0 Å². The van der Waals surface area contributed by atoms with Crippen LogP contribution in [0.25, 0.3) is 0 Å². The van der Waals surface area contributed by atoms with Gasteiger partial charge in [0.15, 0.2) is 0 Å². The van der Waals surface area contributed by atoms with Crippen LogP contribution in [0.3, 0.4) is 0 Å². The normalized spacial score (nSPS) is 10.0. The van der Waals surface area contributed by atoms with Crippen LogP contribution in [-0.4, -0.2) is 27.2 Å². The van der Waals surface area contributed by atoms with E-state index in [0.717, 1.165) is 0 Å². The van der Waals surface area contributed by atoms with Crippen LogP contribution in [0.1, 0.15) is 16.1 Å². The zero-order valence-electron chi connectivity index (χ0n) is 12.1. The summed E-state index contributed by atoms with van der Waals surface area (Å²) in [5, 5.41) is 2.75. The van der Waals surface area contributed by atoms with Crippen molar-refractivity contribution in [1.29, 1.82) is 0 Å². The summed E-state index contributed by atoms with van der Waals surface area (Å²) in [6, 6.07) is 6.80. The van der Waals surface area contributed by atoms with E-state index < -0.39 is 0 Å². The molecular formula is C15H17NO5. The average molecular weight is 291 g/mol. The zero-order valence-corrected chi connectivity index (χ0v) is 12.1. The Morgan fingerprint density at radius 3 is 2.29 bits per heavy atom. The van der Waals surface area contributed by atoms with Crippen LogP contribution in [0.4, 0.5) is 0 Å². The molecule has 6 heteroatoms. The molecule has 2 rings (SSSR count). The van der Waals surface area contributed by atoms with Crippen LogP contribution < -0.4 is 19.5 Å². The van der Waals surface area contributed by atoms with E-state index in [1.54, 1.807) is 30.5 Å². The molecule has 0 fully saturated rings. The van der Waals surface area contributed by atoms with Crippen molar-refractivity contribution >= 4 is 5.91 Å². The number of carbonyl (C=O) groups excluding carboxylic acids is 1. The first-order chi connectivity index (χ1) is 10.2. The van der Waals surface area contributed by atoms with Gasteiger partial charge in [0.1, 0.15) is 28.6 Å². The maximum absolute atomic E-state index is 12.3. The van der Waals surface area contributed by atoms with Gasteiger partial charge < -0.3 is 23.9 Å². The molecule has 0 saturated heterocycles. The van der Waals surface area contributed by atoms with Crippen molar-refractivity contribution in [2.45, 2.75) is 6.54 Å². The Morgan fingerprint density at radius 2 is 1.81 bits per heavy atom. The van der Waals surface area contributed by atoms with Crippen molar-refractivity contribution in [2.75, 3.05) is 21.3 Å². The number of rotatable bonds is 6. The van der Waals surface area contributed by atoms with Gasteiger partial charge in [-0.15, -0.1) is 0 Å². The second-order valence-corrected chi connectivity index (χ2v) is 4.17. The van der Waals surface area contributed by atoms with Crippen LogP contribution >= 0.6 is 0 Å². The van der Waals surface area contributed by atoms with Gasteiger partial charge in [-0.1, -0.05) is 0 Å². The topological polar surface area (TPSA) is 69.9 Å². The number of benzene rings is 1. The van der Waals surface area contributed by atoms with Gasteiger partial charge in [-0.2, -0.15) is 0 Å². The maximum atomic E-state index is 12.3. The number of hydrogen-bond acceptors (Lipinski definition) is 5. The molecule has 0 atom stereocenters. The number of methoxy groups -OCH3 is 3. The molecule has 112 valence electrons. The minimum absolute atomic E-state index is 0.282. The fraction of sp³-hybridized carbons (Fsp3) is 0.267. The second kappa shape index (κ2) is 6.69. The maximum Gasteiger partial charge on any atom is 0.259 e. The summed E-state index contributed by atoms with van der Waals surface area (Å²) in [7, 11) is 4.50. The largest absolute Gasteiger partial charge is 0.496 e. The van der Waals surface area contributed by atoms with Gasteiger partial charge in [0.05, 0.1) is 34.1 Å². The van der Waals surface area contributed by atoms with Crippen molar-refractivity contribution in [2.24, 2.45) is 0 Å². The van der Waals surface area contributed by atoms with Crippen LogP contribution in [0.5, 0.6) is 17.2 Å². The lowest BCUT2D eigenvalue weighted by Gasteiger charge is -2.14. The third-order valence-corrected chi connectivity index (χ3v) is 2.95. The van der Waals surface area contributed by atoms with E-state index in [9.17, 15) is 4.79 Å². The van der Waals surface area contributed by atoms with Crippen molar-refractivity contribution in [3.63, 3.8) is 0 Å². The van der Waals surface area contributed by atoms with Crippen molar-refractivity contribution in [1.82, 2.24) is 5.32 Å². The molecule has 0 radical (unpaired) electrons. The van der Waals surface area contributed by atoms with Gasteiger partial charge in [0, 0.05) is 12.1 Å². The summed E-state index contributed by atoms with van der Waals surface area (Å²) in [6.07, 6.45) is 1.55. The van der Waals surface area contributed by atoms with Crippen LogP contribution in [0.15, 0.2) is 34.9 Å². The van der Waals surface area contributed by atoms with Gasteiger partial charge in [0.2, 0.25) is 0 Å². The molecule has 0 saturated carbocycles. The summed E-state index contributed by atoms with van der Waals surface area (Å²) >= 11 is 0. The highest BCUT2D eigenvalue weighted by molar-refractivity contribution is 6.00. The molecule has 1 heterocycles. The molecule has 1 amide bonds. The average Bonchev–Trinajstić information content (AvgIpc) is 3.04. The number of hydrogen-bond donors (Lipinski definition) is 1. The predicted molar refractivity (Wildman–Crippen MR) is 76.0 cm³/mol. The first kappa shape index (κ1) is 14.8. The Bertz CT molecular complexity index is 582. The summed E-state index contributed by atoms with van der Waals surface area (Å²) in [5.74, 6) is 1.65. The molecule has 0 aliphatic heterocycles. The first-order valence-electron chi connectivity index (χ1n) is 6.30. The Hall–Kier alpha value is -2.63. The van der Waals surface area contributed by atoms with E-state index in [1.165, 1.54) is 21.3 Å². The Kier molecular flexibility index (Phi) is 4.71. The Labute approximate surface area is 122 Å². The summed E-state index contributed by atoms with van der Waals surface area (Å²) in [6.45, 7) is 0.282. The fourth-order valence-corrected chi connectivity index (χ4v) is 1.90. The number of carbonyl (C=O) groups is 1. The second-order valence-electron chi connectivity index (χ2n) is 4.17. The van der Waals surface area contributed by atoms with Gasteiger partial charge in [-0.3, -0.25) is 4.79 Å². The lowest BCUT2D eigenvalue weighted by Crippen LogP contribution is -2.23. The van der Waals surface area contributed by atoms with Crippen molar-refractivity contribution in [3.8, 4) is 17.2 Å². The molecule has 1 aromatic heterocycles. The lowest BCUT2D eigenvalue weighted by molar-refractivity contribution is 0.0941. The highest BCUT2D eigenvalue weighted by atomic mass is 16.5. The molecule has 6 nitrogen and oxygen atoms in total. The molecule has 1 N–H and O–H groups in total. The summed E-state index contributed by atoms with van der Waals surface area (Å²) in [4.78, 5) is 12.3. The Morgan fingerprint density at radius 1 is 1.14 bits per heavy atom. The lowest BCUT2D eigenvalue weighted by atomic mass is 10.1. The molecule has 0 aliphatic rings. The smallest absolute Gasteiger partial charge is 0.259 e. The summed E-state index contributed by atoms with van der Waals surface area (Å²) in [5.41, 5.74) is 0.312. The minimum Gasteiger partial charge on any atom is -0.496 e. The fourth-order valence-electron chi connectivity index (χ4n) is 1.90. The predicted octanol–water partition coefficient (Wildman–Crippen LogP) is 2.24. The third-order valence-electron chi connectivity index (χ3n) is 2.95. The van der Waals surface area contributed by atoms with E-state index in [0.29, 0.717) is 28.6 Å². The van der Waals surface area contributed by atoms with Gasteiger partial charge in [-0.25, -0.2) is 0 Å². The van der Waals surface area contributed by atoms with E-state index in [2.05, 4.69) is 5.32 Å². The highest BCUT2D eigenvalue weighted by Gasteiger charge is 2.20. The van der Waals surface area contributed by atoms with Crippen LogP contribution in [-0.2, 0) is 6.54 Å². The molecule has 0 aliphatic carbocycles. The zero-order chi connectivity index (χ0) is 15.2. The van der Waals surface area contributed by atoms with Gasteiger partial charge in [0.25, 0.3) is 5.91 Å². The third kappa shape index (κ3) is 3.28. The van der Waals surface area contributed by atoms with Crippen LogP contribution in [0, 0.1) is 0 Å². The first-order valence-corrected chi connectivity index (χ1v) is 6.30. The molecule has 2 aromatic rings. The molecule has 0 spiro atoms. The molecule has 1 aromatic carbocycles. The van der Waals surface area contributed by atoms with E-state index in [-0.39, 0.29) is 12.5 Å². The van der Waals surface area contributed by atoms with E-state index in [4.69, 9.17) is 18.6 Å². The number of ether oxygens (including phenoxy) is 3. The van der Waals surface area contributed by atoms with Crippen LogP contribution in [0.2, 0.25) is 0 Å². The SMILES string of the molecule is COc1cc(OC)c(C(=O)NCc2ccco2)c(OC)c1. The van der Waals surface area contributed by atoms with E-state index >= 15 is 0 Å². The molecular weight excluding hydrogens is 274 g/mol. The van der Waals surface area contributed by atoms with Crippen molar-refractivity contribution in [3.05, 3.63) is 41.9 Å². The monoisotopic (exact) mass is 291 g/mol. The van der Waals surface area contributed by atoms with Gasteiger partial charge in [-0.05, 0) is 12.1 Å². The Balaban J connectivity index is 2.26.